The van der Waals surface area contributed by atoms with E-state index in [4.69, 9.17) is 5.11 Å². The second kappa shape index (κ2) is 4.96. The summed E-state index contributed by atoms with van der Waals surface area (Å²) in [6, 6.07) is 1.25. The van der Waals surface area contributed by atoms with E-state index >= 15 is 0 Å². The van der Waals surface area contributed by atoms with Gasteiger partial charge in [-0.2, -0.15) is 0 Å². The zero-order valence-electron chi connectivity index (χ0n) is 10.1. The zero-order chi connectivity index (χ0) is 14.2. The second-order valence-electron chi connectivity index (χ2n) is 4.53. The highest BCUT2D eigenvalue weighted by Gasteiger charge is 2.37. The van der Waals surface area contributed by atoms with Gasteiger partial charge >= 0.3 is 11.0 Å². The SMILES string of the molecule is CC(C(=O)O)C1CN(C(=O)c2csc([N+](=O)[O-])c2)C1. The van der Waals surface area contributed by atoms with Crippen LogP contribution in [0.25, 0.3) is 0 Å². The number of hydrogen-bond donors (Lipinski definition) is 1. The third kappa shape index (κ3) is 2.58. The van der Waals surface area contributed by atoms with Crippen LogP contribution in [-0.2, 0) is 4.79 Å². The number of likely N-dealkylation sites (tertiary alicyclic amines) is 1. The van der Waals surface area contributed by atoms with Gasteiger partial charge in [-0.05, 0) is 0 Å². The minimum Gasteiger partial charge on any atom is -0.481 e. The van der Waals surface area contributed by atoms with Gasteiger partial charge in [0.15, 0.2) is 0 Å². The summed E-state index contributed by atoms with van der Waals surface area (Å²) in [6.07, 6.45) is 0. The topological polar surface area (TPSA) is 101 Å². The first-order valence-corrected chi connectivity index (χ1v) is 6.53. The molecule has 0 radical (unpaired) electrons. The van der Waals surface area contributed by atoms with E-state index in [1.54, 1.807) is 6.92 Å². The molecule has 0 bridgehead atoms. The summed E-state index contributed by atoms with van der Waals surface area (Å²) in [4.78, 5) is 34.3. The predicted molar refractivity (Wildman–Crippen MR) is 67.2 cm³/mol. The number of nitro groups is 1. The van der Waals surface area contributed by atoms with Gasteiger partial charge < -0.3 is 10.0 Å². The number of carbonyl (C=O) groups is 2. The molecule has 1 aromatic heterocycles. The lowest BCUT2D eigenvalue weighted by molar-refractivity contribution is -0.380. The lowest BCUT2D eigenvalue weighted by atomic mass is 9.87. The fraction of sp³-hybridized carbons (Fsp3) is 0.455. The Kier molecular flexibility index (Phi) is 3.52. The summed E-state index contributed by atoms with van der Waals surface area (Å²) in [5.41, 5.74) is 0.290. The van der Waals surface area contributed by atoms with E-state index in [-0.39, 0.29) is 22.4 Å². The highest BCUT2D eigenvalue weighted by molar-refractivity contribution is 7.13. The van der Waals surface area contributed by atoms with Crippen molar-refractivity contribution >= 4 is 28.2 Å². The van der Waals surface area contributed by atoms with Crippen LogP contribution in [0.2, 0.25) is 0 Å². The van der Waals surface area contributed by atoms with Crippen LogP contribution in [0.15, 0.2) is 11.4 Å². The van der Waals surface area contributed by atoms with Crippen molar-refractivity contribution in [3.05, 3.63) is 27.1 Å². The molecule has 1 aromatic rings. The molecule has 0 spiro atoms. The predicted octanol–water partition coefficient (Wildman–Crippen LogP) is 1.45. The van der Waals surface area contributed by atoms with Gasteiger partial charge in [-0.25, -0.2) is 0 Å². The summed E-state index contributed by atoms with van der Waals surface area (Å²) in [5.74, 6) is -1.68. The quantitative estimate of drug-likeness (QED) is 0.666. The molecule has 7 nitrogen and oxygen atoms in total. The van der Waals surface area contributed by atoms with Crippen molar-refractivity contribution < 1.29 is 19.6 Å². The average molecular weight is 284 g/mol. The first-order valence-electron chi connectivity index (χ1n) is 5.65. The summed E-state index contributed by atoms with van der Waals surface area (Å²) >= 11 is 0.909. The maximum absolute atomic E-state index is 12.0. The van der Waals surface area contributed by atoms with E-state index < -0.39 is 16.8 Å². The summed E-state index contributed by atoms with van der Waals surface area (Å²) in [5, 5.41) is 20.8. The summed E-state index contributed by atoms with van der Waals surface area (Å²) < 4.78 is 0. The molecule has 1 saturated heterocycles. The number of carbonyl (C=O) groups excluding carboxylic acids is 1. The lowest BCUT2D eigenvalue weighted by Crippen LogP contribution is -2.53. The molecule has 1 atom stereocenters. The van der Waals surface area contributed by atoms with Crippen molar-refractivity contribution in [1.82, 2.24) is 4.90 Å². The molecule has 1 N–H and O–H groups in total. The first-order chi connectivity index (χ1) is 8.90. The van der Waals surface area contributed by atoms with Crippen LogP contribution in [0.5, 0.6) is 0 Å². The van der Waals surface area contributed by atoms with Gasteiger partial charge in [0.05, 0.1) is 16.4 Å². The smallest absolute Gasteiger partial charge is 0.324 e. The number of aliphatic carboxylic acids is 1. The van der Waals surface area contributed by atoms with E-state index in [0.717, 1.165) is 11.3 Å². The molecule has 1 unspecified atom stereocenters. The Hall–Kier alpha value is -1.96. The molecule has 1 fully saturated rings. The monoisotopic (exact) mass is 284 g/mol. The fourth-order valence-corrected chi connectivity index (χ4v) is 2.61. The van der Waals surface area contributed by atoms with Crippen molar-refractivity contribution in [3.63, 3.8) is 0 Å². The average Bonchev–Trinajstić information content (AvgIpc) is 2.75. The molecule has 0 aromatic carbocycles. The molecule has 1 aliphatic heterocycles. The lowest BCUT2D eigenvalue weighted by Gasteiger charge is -2.41. The van der Waals surface area contributed by atoms with Gasteiger partial charge in [-0.15, -0.1) is 0 Å². The van der Waals surface area contributed by atoms with Crippen LogP contribution in [0.3, 0.4) is 0 Å². The molecular formula is C11H12N2O5S. The highest BCUT2D eigenvalue weighted by atomic mass is 32.1. The molecule has 19 heavy (non-hydrogen) atoms. The van der Waals surface area contributed by atoms with E-state index in [2.05, 4.69) is 0 Å². The normalized spacial score (nSPS) is 16.8. The molecule has 8 heteroatoms. The van der Waals surface area contributed by atoms with Crippen LogP contribution in [0.1, 0.15) is 17.3 Å². The molecule has 2 heterocycles. The Bertz CT molecular complexity index is 535. The number of amides is 1. The van der Waals surface area contributed by atoms with Crippen LogP contribution in [0.4, 0.5) is 5.00 Å². The summed E-state index contributed by atoms with van der Waals surface area (Å²) in [7, 11) is 0. The first kappa shape index (κ1) is 13.5. The third-order valence-corrected chi connectivity index (χ3v) is 4.19. The molecule has 1 amide bonds. The fourth-order valence-electron chi connectivity index (χ4n) is 1.91. The van der Waals surface area contributed by atoms with Gasteiger partial charge in [0.25, 0.3) is 5.91 Å². The molecule has 0 aliphatic carbocycles. The number of carboxylic acid groups (broad SMARTS) is 1. The number of rotatable bonds is 4. The van der Waals surface area contributed by atoms with Gasteiger partial charge in [0.2, 0.25) is 0 Å². The molecule has 1 aliphatic rings. The third-order valence-electron chi connectivity index (χ3n) is 3.31. The number of hydrogen-bond acceptors (Lipinski definition) is 5. The van der Waals surface area contributed by atoms with Gasteiger partial charge in [-0.3, -0.25) is 19.7 Å². The Morgan fingerprint density at radius 3 is 2.68 bits per heavy atom. The van der Waals surface area contributed by atoms with Crippen LogP contribution >= 0.6 is 11.3 Å². The van der Waals surface area contributed by atoms with Crippen molar-refractivity contribution in [2.24, 2.45) is 11.8 Å². The maximum Gasteiger partial charge on any atom is 0.324 e. The van der Waals surface area contributed by atoms with Crippen molar-refractivity contribution in [2.75, 3.05) is 13.1 Å². The Balaban J connectivity index is 1.96. The Morgan fingerprint density at radius 1 is 1.58 bits per heavy atom. The summed E-state index contributed by atoms with van der Waals surface area (Å²) in [6.45, 7) is 2.39. The largest absolute Gasteiger partial charge is 0.481 e. The Labute approximate surface area is 112 Å². The zero-order valence-corrected chi connectivity index (χ0v) is 10.9. The molecule has 2 rings (SSSR count). The number of carboxylic acids is 1. The van der Waals surface area contributed by atoms with Crippen molar-refractivity contribution in [1.29, 1.82) is 0 Å². The number of thiophene rings is 1. The van der Waals surface area contributed by atoms with Crippen molar-refractivity contribution in [2.45, 2.75) is 6.92 Å². The highest BCUT2D eigenvalue weighted by Crippen LogP contribution is 2.28. The minimum atomic E-state index is -0.872. The standard InChI is InChI=1S/C11H12N2O5S/c1-6(11(15)16)8-3-12(4-8)10(14)7-2-9(13(17)18)19-5-7/h2,5-6,8H,3-4H2,1H3,(H,15,16). The molecule has 102 valence electrons. The molecular weight excluding hydrogens is 272 g/mol. The Morgan fingerprint density at radius 2 is 2.21 bits per heavy atom. The van der Waals surface area contributed by atoms with E-state index in [1.807, 2.05) is 0 Å². The van der Waals surface area contributed by atoms with Crippen LogP contribution in [0, 0.1) is 22.0 Å². The van der Waals surface area contributed by atoms with Gasteiger partial charge in [-0.1, -0.05) is 18.3 Å². The van der Waals surface area contributed by atoms with Crippen LogP contribution in [-0.4, -0.2) is 39.9 Å². The maximum atomic E-state index is 12.0. The van der Waals surface area contributed by atoms with Gasteiger partial charge in [0.1, 0.15) is 0 Å². The van der Waals surface area contributed by atoms with E-state index in [0.29, 0.717) is 13.1 Å². The second-order valence-corrected chi connectivity index (χ2v) is 5.42. The van der Waals surface area contributed by atoms with Gasteiger partial charge in [0, 0.05) is 30.5 Å². The van der Waals surface area contributed by atoms with E-state index in [1.165, 1.54) is 16.3 Å². The van der Waals surface area contributed by atoms with Crippen LogP contribution < -0.4 is 0 Å². The number of nitrogens with zero attached hydrogens (tertiary/aromatic N) is 2. The van der Waals surface area contributed by atoms with E-state index in [9.17, 15) is 19.7 Å². The van der Waals surface area contributed by atoms with Crippen molar-refractivity contribution in [3.8, 4) is 0 Å². The minimum absolute atomic E-state index is 0.0462. The molecule has 0 saturated carbocycles.